The van der Waals surface area contributed by atoms with Crippen molar-refractivity contribution in [3.8, 4) is 0 Å². The predicted octanol–water partition coefficient (Wildman–Crippen LogP) is 3.42. The van der Waals surface area contributed by atoms with E-state index < -0.39 is 6.10 Å². The molecule has 0 aliphatic carbocycles. The van der Waals surface area contributed by atoms with Gasteiger partial charge in [-0.1, -0.05) is 15.9 Å². The number of hydrogen-bond acceptors (Lipinski definition) is 3. The first kappa shape index (κ1) is 15.4. The number of anilines is 1. The summed E-state index contributed by atoms with van der Waals surface area (Å²) in [4.78, 5) is 12.1. The number of amides is 1. The summed E-state index contributed by atoms with van der Waals surface area (Å²) in [5.74, 6) is -0.139. The molecule has 0 spiro atoms. The summed E-state index contributed by atoms with van der Waals surface area (Å²) in [5.41, 5.74) is 6.24. The summed E-state index contributed by atoms with van der Waals surface area (Å²) in [6.07, 6.45) is 1.11. The summed E-state index contributed by atoms with van der Waals surface area (Å²) < 4.78 is 8.09. The van der Waals surface area contributed by atoms with Crippen molar-refractivity contribution in [2.75, 3.05) is 11.9 Å². The average molecular weight is 457 g/mol. The fourth-order valence-corrected chi connectivity index (χ4v) is 4.39. The molecule has 1 aromatic carbocycles. The lowest BCUT2D eigenvalue weighted by Gasteiger charge is -2.15. The van der Waals surface area contributed by atoms with Crippen LogP contribution in [-0.4, -0.2) is 24.7 Å². The van der Waals surface area contributed by atoms with Gasteiger partial charge in [-0.05, 0) is 56.8 Å². The molecule has 0 bridgehead atoms. The van der Waals surface area contributed by atoms with E-state index in [0.29, 0.717) is 18.7 Å². The number of carbonyl (C=O) groups excluding carboxylic acids is 1. The highest BCUT2D eigenvalue weighted by Gasteiger charge is 2.30. The molecule has 3 N–H and O–H groups in total. The number of nitrogens with one attached hydrogen (secondary N) is 1. The Morgan fingerprint density at radius 1 is 1.32 bits per heavy atom. The van der Waals surface area contributed by atoms with Gasteiger partial charge in [-0.3, -0.25) is 4.79 Å². The molecule has 1 fully saturated rings. The quantitative estimate of drug-likeness (QED) is 0.732. The molecule has 0 aromatic heterocycles. The largest absolute Gasteiger partial charge is 0.364 e. The van der Waals surface area contributed by atoms with E-state index in [-0.39, 0.29) is 12.0 Å². The van der Waals surface area contributed by atoms with Crippen molar-refractivity contribution in [2.24, 2.45) is 5.73 Å². The fraction of sp³-hybridized carbons (Fsp3) is 0.417. The number of rotatable bonds is 3. The van der Waals surface area contributed by atoms with Gasteiger partial charge < -0.3 is 15.8 Å². The van der Waals surface area contributed by atoms with Crippen molar-refractivity contribution in [2.45, 2.75) is 25.0 Å². The van der Waals surface area contributed by atoms with Crippen molar-refractivity contribution in [1.82, 2.24) is 0 Å². The van der Waals surface area contributed by atoms with Crippen LogP contribution in [0, 0.1) is 0 Å². The molecule has 1 heterocycles. The van der Waals surface area contributed by atoms with Gasteiger partial charge in [0.25, 0.3) is 5.91 Å². The zero-order valence-corrected chi connectivity index (χ0v) is 14.7. The molecule has 1 aromatic rings. The van der Waals surface area contributed by atoms with Crippen LogP contribution in [0.2, 0.25) is 0 Å². The predicted molar refractivity (Wildman–Crippen MR) is 85.1 cm³/mol. The molecule has 1 amide bonds. The zero-order valence-electron chi connectivity index (χ0n) is 9.96. The third kappa shape index (κ3) is 3.78. The topological polar surface area (TPSA) is 64.4 Å². The second kappa shape index (κ2) is 6.67. The molecule has 1 saturated heterocycles. The van der Waals surface area contributed by atoms with Crippen LogP contribution in [0.1, 0.15) is 12.8 Å². The third-order valence-electron chi connectivity index (χ3n) is 2.92. The minimum atomic E-state index is -0.420. The maximum absolute atomic E-state index is 12.1. The smallest absolute Gasteiger partial charge is 0.253 e. The van der Waals surface area contributed by atoms with Gasteiger partial charge in [0.1, 0.15) is 6.10 Å². The van der Waals surface area contributed by atoms with Crippen LogP contribution in [0.5, 0.6) is 0 Å². The van der Waals surface area contributed by atoms with Gasteiger partial charge in [-0.2, -0.15) is 0 Å². The van der Waals surface area contributed by atoms with Crippen molar-refractivity contribution in [3.63, 3.8) is 0 Å². The van der Waals surface area contributed by atoms with Crippen molar-refractivity contribution < 1.29 is 9.53 Å². The van der Waals surface area contributed by atoms with E-state index in [1.807, 2.05) is 12.1 Å². The van der Waals surface area contributed by atoms with E-state index >= 15 is 0 Å². The molecule has 104 valence electrons. The lowest BCUT2D eigenvalue weighted by Crippen LogP contribution is -2.30. The van der Waals surface area contributed by atoms with Crippen LogP contribution < -0.4 is 11.1 Å². The first-order valence-corrected chi connectivity index (χ1v) is 8.20. The first-order chi connectivity index (χ1) is 9.01. The monoisotopic (exact) mass is 454 g/mol. The van der Waals surface area contributed by atoms with E-state index in [1.54, 1.807) is 0 Å². The van der Waals surface area contributed by atoms with Gasteiger partial charge >= 0.3 is 0 Å². The van der Waals surface area contributed by atoms with Crippen LogP contribution in [0.4, 0.5) is 5.69 Å². The zero-order chi connectivity index (χ0) is 14.0. The maximum atomic E-state index is 12.1. The summed E-state index contributed by atoms with van der Waals surface area (Å²) in [6.45, 7) is 0.454. The SMILES string of the molecule is NCC1CCC(C(=O)Nc2c(Br)cc(Br)cc2Br)O1. The molecule has 0 saturated carbocycles. The number of carbonyl (C=O) groups is 1. The van der Waals surface area contributed by atoms with Crippen LogP contribution in [0.25, 0.3) is 0 Å². The Hall–Kier alpha value is 0.0500. The van der Waals surface area contributed by atoms with E-state index in [2.05, 4.69) is 53.1 Å². The second-order valence-corrected chi connectivity index (χ2v) is 6.92. The minimum absolute atomic E-state index is 0.00690. The van der Waals surface area contributed by atoms with Crippen molar-refractivity contribution in [1.29, 1.82) is 0 Å². The number of nitrogens with two attached hydrogens (primary N) is 1. The molecule has 2 atom stereocenters. The minimum Gasteiger partial charge on any atom is -0.364 e. The Balaban J connectivity index is 2.08. The van der Waals surface area contributed by atoms with Crippen molar-refractivity contribution in [3.05, 3.63) is 25.6 Å². The summed E-state index contributed by atoms with van der Waals surface area (Å²) in [5, 5.41) is 2.87. The number of benzene rings is 1. The maximum Gasteiger partial charge on any atom is 0.253 e. The van der Waals surface area contributed by atoms with Gasteiger partial charge in [-0.15, -0.1) is 0 Å². The molecule has 0 radical (unpaired) electrons. The standard InChI is InChI=1S/C12H13Br3N2O2/c13-6-3-8(14)11(9(15)4-6)17-12(18)10-2-1-7(5-16)19-10/h3-4,7,10H,1-2,5,16H2,(H,17,18). The third-order valence-corrected chi connectivity index (χ3v) is 4.63. The highest BCUT2D eigenvalue weighted by molar-refractivity contribution is 9.11. The molecule has 2 rings (SSSR count). The van der Waals surface area contributed by atoms with Gasteiger partial charge in [0.2, 0.25) is 0 Å². The Morgan fingerprint density at radius 3 is 2.47 bits per heavy atom. The number of ether oxygens (including phenoxy) is 1. The highest BCUT2D eigenvalue weighted by atomic mass is 79.9. The van der Waals surface area contributed by atoms with Gasteiger partial charge in [0.15, 0.2) is 0 Å². The number of halogens is 3. The normalized spacial score (nSPS) is 22.5. The lowest BCUT2D eigenvalue weighted by molar-refractivity contribution is -0.126. The van der Waals surface area contributed by atoms with E-state index in [1.165, 1.54) is 0 Å². The Bertz CT molecular complexity index is 473. The second-order valence-electron chi connectivity index (χ2n) is 4.29. The first-order valence-electron chi connectivity index (χ1n) is 5.82. The Morgan fingerprint density at radius 2 is 1.95 bits per heavy atom. The fourth-order valence-electron chi connectivity index (χ4n) is 1.94. The molecule has 2 unspecified atom stereocenters. The van der Waals surface area contributed by atoms with Crippen molar-refractivity contribution >= 4 is 59.4 Å². The molecular formula is C12H13Br3N2O2. The summed E-state index contributed by atoms with van der Waals surface area (Å²) in [6, 6.07) is 3.75. The van der Waals surface area contributed by atoms with Crippen LogP contribution in [-0.2, 0) is 9.53 Å². The molecule has 7 heteroatoms. The van der Waals surface area contributed by atoms with Gasteiger partial charge in [-0.25, -0.2) is 0 Å². The molecular weight excluding hydrogens is 444 g/mol. The van der Waals surface area contributed by atoms with E-state index in [9.17, 15) is 4.79 Å². The summed E-state index contributed by atoms with van der Waals surface area (Å²) >= 11 is 10.2. The van der Waals surface area contributed by atoms with Crippen LogP contribution in [0.15, 0.2) is 25.6 Å². The van der Waals surface area contributed by atoms with E-state index in [0.717, 1.165) is 19.8 Å². The van der Waals surface area contributed by atoms with Gasteiger partial charge in [0, 0.05) is 20.0 Å². The van der Waals surface area contributed by atoms with Gasteiger partial charge in [0.05, 0.1) is 11.8 Å². The molecule has 1 aliphatic rings. The number of hydrogen-bond donors (Lipinski definition) is 2. The van der Waals surface area contributed by atoms with Crippen LogP contribution >= 0.6 is 47.8 Å². The Kier molecular flexibility index (Phi) is 5.42. The Labute approximate surface area is 136 Å². The lowest BCUT2D eigenvalue weighted by atomic mass is 10.2. The average Bonchev–Trinajstić information content (AvgIpc) is 2.82. The highest BCUT2D eigenvalue weighted by Crippen LogP contribution is 2.35. The summed E-state index contributed by atoms with van der Waals surface area (Å²) in [7, 11) is 0. The van der Waals surface area contributed by atoms with E-state index in [4.69, 9.17) is 10.5 Å². The van der Waals surface area contributed by atoms with Crippen LogP contribution in [0.3, 0.4) is 0 Å². The molecule has 1 aliphatic heterocycles. The molecule has 19 heavy (non-hydrogen) atoms. The molecule has 4 nitrogen and oxygen atoms in total.